The van der Waals surface area contributed by atoms with Crippen molar-refractivity contribution in [1.82, 2.24) is 0 Å². The molecule has 0 heterocycles. The summed E-state index contributed by atoms with van der Waals surface area (Å²) in [6.07, 6.45) is 14.0. The van der Waals surface area contributed by atoms with Gasteiger partial charge >= 0.3 is 0 Å². The average Bonchev–Trinajstić information content (AvgIpc) is 2.57. The highest BCUT2D eigenvalue weighted by atomic mass is 16.3. The number of hydrogen-bond donors (Lipinski definition) is 3. The lowest BCUT2D eigenvalue weighted by molar-refractivity contribution is -0.0226. The van der Waals surface area contributed by atoms with Crippen LogP contribution in [0.1, 0.15) is 97.8 Å². The molecule has 0 aliphatic heterocycles. The van der Waals surface area contributed by atoms with Crippen LogP contribution in [0.4, 0.5) is 0 Å². The van der Waals surface area contributed by atoms with Crippen LogP contribution in [0, 0.1) is 11.8 Å². The molecular formula is C20H42O3. The molecule has 0 spiro atoms. The lowest BCUT2D eigenvalue weighted by Crippen LogP contribution is -2.35. The van der Waals surface area contributed by atoms with E-state index in [0.29, 0.717) is 0 Å². The van der Waals surface area contributed by atoms with Crippen molar-refractivity contribution in [3.05, 3.63) is 0 Å². The van der Waals surface area contributed by atoms with Gasteiger partial charge in [-0.2, -0.15) is 0 Å². The Bertz CT molecular complexity index is 245. The molecule has 23 heavy (non-hydrogen) atoms. The lowest BCUT2D eigenvalue weighted by Gasteiger charge is -2.27. The first-order valence-corrected chi connectivity index (χ1v) is 10.0. The molecule has 3 nitrogen and oxygen atoms in total. The van der Waals surface area contributed by atoms with Crippen molar-refractivity contribution in [2.45, 2.75) is 110 Å². The molecule has 0 rings (SSSR count). The fourth-order valence-electron chi connectivity index (χ4n) is 3.13. The Labute approximate surface area is 144 Å². The quantitative estimate of drug-likeness (QED) is 0.360. The van der Waals surface area contributed by atoms with Gasteiger partial charge in [-0.05, 0) is 6.42 Å². The zero-order valence-corrected chi connectivity index (χ0v) is 15.8. The molecule has 0 saturated heterocycles. The van der Waals surface area contributed by atoms with Crippen LogP contribution in [0.25, 0.3) is 0 Å². The normalized spacial score (nSPS) is 17.0. The van der Waals surface area contributed by atoms with Crippen LogP contribution in [0.5, 0.6) is 0 Å². The minimum absolute atomic E-state index is 0.0311. The summed E-state index contributed by atoms with van der Waals surface area (Å²) in [6, 6.07) is 0. The van der Waals surface area contributed by atoms with Gasteiger partial charge in [0.2, 0.25) is 0 Å². The van der Waals surface area contributed by atoms with Crippen molar-refractivity contribution in [1.29, 1.82) is 0 Å². The van der Waals surface area contributed by atoms with Crippen molar-refractivity contribution in [3.63, 3.8) is 0 Å². The van der Waals surface area contributed by atoms with Crippen molar-refractivity contribution in [3.8, 4) is 0 Å². The van der Waals surface area contributed by atoms with E-state index in [-0.39, 0.29) is 18.4 Å². The van der Waals surface area contributed by atoms with Gasteiger partial charge in [-0.25, -0.2) is 0 Å². The van der Waals surface area contributed by atoms with Crippen LogP contribution >= 0.6 is 0 Å². The Kier molecular flexibility index (Phi) is 15.3. The van der Waals surface area contributed by atoms with E-state index in [1.165, 1.54) is 64.2 Å². The molecule has 3 N–H and O–H groups in total. The Morgan fingerprint density at radius 2 is 1.13 bits per heavy atom. The molecule has 140 valence electrons. The Morgan fingerprint density at radius 1 is 0.696 bits per heavy atom. The zero-order valence-electron chi connectivity index (χ0n) is 15.8. The molecule has 0 aromatic heterocycles. The van der Waals surface area contributed by atoms with E-state index in [0.717, 1.165) is 12.8 Å². The molecule has 0 radical (unpaired) electrons. The van der Waals surface area contributed by atoms with Crippen LogP contribution in [-0.2, 0) is 0 Å². The molecule has 0 saturated carbocycles. The summed E-state index contributed by atoms with van der Waals surface area (Å²) in [5, 5.41) is 29.2. The summed E-state index contributed by atoms with van der Waals surface area (Å²) < 4.78 is 0. The minimum Gasteiger partial charge on any atom is -0.396 e. The van der Waals surface area contributed by atoms with E-state index in [1.54, 1.807) is 0 Å². The van der Waals surface area contributed by atoms with Gasteiger partial charge < -0.3 is 15.3 Å². The fourth-order valence-corrected chi connectivity index (χ4v) is 3.13. The SMILES string of the molecule is CCCCCCCCCCCCC[C@H](O)[C@H](C)[C@@H](O)[C@@H](C)CO. The largest absolute Gasteiger partial charge is 0.396 e. The first-order chi connectivity index (χ1) is 11.0. The molecule has 0 aromatic carbocycles. The number of aliphatic hydroxyl groups excluding tert-OH is 3. The summed E-state index contributed by atoms with van der Waals surface area (Å²) in [7, 11) is 0. The van der Waals surface area contributed by atoms with Crippen LogP contribution in [0.2, 0.25) is 0 Å². The van der Waals surface area contributed by atoms with Gasteiger partial charge in [-0.3, -0.25) is 0 Å². The third-order valence-corrected chi connectivity index (χ3v) is 5.12. The maximum Gasteiger partial charge on any atom is 0.0637 e. The van der Waals surface area contributed by atoms with Crippen LogP contribution in [-0.4, -0.2) is 34.1 Å². The highest BCUT2D eigenvalue weighted by molar-refractivity contribution is 4.76. The van der Waals surface area contributed by atoms with Crippen LogP contribution in [0.3, 0.4) is 0 Å². The minimum atomic E-state index is -0.622. The molecule has 0 bridgehead atoms. The fraction of sp³-hybridized carbons (Fsp3) is 1.00. The van der Waals surface area contributed by atoms with Gasteiger partial charge in [0.05, 0.1) is 12.2 Å². The maximum absolute atomic E-state index is 10.1. The molecular weight excluding hydrogens is 288 g/mol. The summed E-state index contributed by atoms with van der Waals surface area (Å²) in [6.45, 7) is 5.92. The second-order valence-corrected chi connectivity index (χ2v) is 7.40. The Morgan fingerprint density at radius 3 is 1.57 bits per heavy atom. The van der Waals surface area contributed by atoms with Gasteiger partial charge in [-0.15, -0.1) is 0 Å². The Hall–Kier alpha value is -0.120. The highest BCUT2D eigenvalue weighted by Gasteiger charge is 2.26. The van der Waals surface area contributed by atoms with Gasteiger partial charge in [0.1, 0.15) is 0 Å². The predicted octanol–water partition coefficient (Wildman–Crippen LogP) is 4.67. The topological polar surface area (TPSA) is 60.7 Å². The van der Waals surface area contributed by atoms with Gasteiger partial charge in [0.25, 0.3) is 0 Å². The third-order valence-electron chi connectivity index (χ3n) is 5.12. The molecule has 0 aromatic rings. The van der Waals surface area contributed by atoms with Crippen molar-refractivity contribution in [2.24, 2.45) is 11.8 Å². The first kappa shape index (κ1) is 22.9. The highest BCUT2D eigenvalue weighted by Crippen LogP contribution is 2.20. The van der Waals surface area contributed by atoms with Crippen LogP contribution < -0.4 is 0 Å². The van der Waals surface area contributed by atoms with E-state index in [2.05, 4.69) is 6.92 Å². The molecule has 0 aliphatic carbocycles. The van der Waals surface area contributed by atoms with Gasteiger partial charge in [-0.1, -0.05) is 91.4 Å². The predicted molar refractivity (Wildman–Crippen MR) is 98.5 cm³/mol. The Balaban J connectivity index is 3.46. The zero-order chi connectivity index (χ0) is 17.5. The summed E-state index contributed by atoms with van der Waals surface area (Å²) >= 11 is 0. The number of hydrogen-bond acceptors (Lipinski definition) is 3. The standard InChI is InChI=1S/C20H42O3/c1-4-5-6-7-8-9-10-11-12-13-14-15-19(22)18(3)20(23)17(2)16-21/h17-23H,4-16H2,1-3H3/t17-,18-,19-,20-/m0/s1. The van der Waals surface area contributed by atoms with Gasteiger partial charge in [0, 0.05) is 18.4 Å². The van der Waals surface area contributed by atoms with Crippen molar-refractivity contribution >= 4 is 0 Å². The van der Waals surface area contributed by atoms with E-state index in [9.17, 15) is 10.2 Å². The summed E-state index contributed by atoms with van der Waals surface area (Å²) in [5.74, 6) is -0.336. The molecule has 0 aliphatic rings. The smallest absolute Gasteiger partial charge is 0.0637 e. The number of rotatable bonds is 16. The van der Waals surface area contributed by atoms with Crippen molar-refractivity contribution in [2.75, 3.05) is 6.61 Å². The molecule has 4 atom stereocenters. The molecule has 0 fully saturated rings. The second kappa shape index (κ2) is 15.4. The molecule has 3 heteroatoms. The average molecular weight is 331 g/mol. The summed E-state index contributed by atoms with van der Waals surface area (Å²) in [5.41, 5.74) is 0. The third kappa shape index (κ3) is 12.0. The maximum atomic E-state index is 10.1. The van der Waals surface area contributed by atoms with E-state index in [1.807, 2.05) is 13.8 Å². The molecule has 0 unspecified atom stereocenters. The van der Waals surface area contributed by atoms with E-state index < -0.39 is 12.2 Å². The lowest BCUT2D eigenvalue weighted by atomic mass is 9.87. The van der Waals surface area contributed by atoms with Crippen LogP contribution in [0.15, 0.2) is 0 Å². The second-order valence-electron chi connectivity index (χ2n) is 7.40. The molecule has 0 amide bonds. The summed E-state index contributed by atoms with van der Waals surface area (Å²) in [4.78, 5) is 0. The van der Waals surface area contributed by atoms with E-state index >= 15 is 0 Å². The van der Waals surface area contributed by atoms with Crippen molar-refractivity contribution < 1.29 is 15.3 Å². The van der Waals surface area contributed by atoms with Gasteiger partial charge in [0.15, 0.2) is 0 Å². The number of aliphatic hydroxyl groups is 3. The monoisotopic (exact) mass is 330 g/mol. The van der Waals surface area contributed by atoms with E-state index in [4.69, 9.17) is 5.11 Å². The first-order valence-electron chi connectivity index (χ1n) is 10.0. The number of unbranched alkanes of at least 4 members (excludes halogenated alkanes) is 10.